The number of halogens is 1. The monoisotopic (exact) mass is 573 g/mol. The SMILES string of the molecule is CCOc1cc2c(cc1OCC)[C@H]1[C@H](C(=O)N3CCN(c4cc(Cl)ccc4C)CC3)c3ccccc3C(=O)N1CC2. The van der Waals surface area contributed by atoms with E-state index in [4.69, 9.17) is 21.1 Å². The number of hydrogen-bond donors (Lipinski definition) is 0. The zero-order valence-corrected chi connectivity index (χ0v) is 24.6. The number of nitrogens with zero attached hydrogens (tertiary/aromatic N) is 3. The van der Waals surface area contributed by atoms with Gasteiger partial charge in [-0.05, 0) is 79.8 Å². The van der Waals surface area contributed by atoms with Crippen LogP contribution in [-0.2, 0) is 11.2 Å². The molecule has 3 aromatic carbocycles. The number of amides is 2. The minimum Gasteiger partial charge on any atom is -0.490 e. The normalized spacial score (nSPS) is 19.8. The molecule has 0 N–H and O–H groups in total. The maximum absolute atomic E-state index is 14.5. The number of aryl methyl sites for hydroxylation is 1. The molecular weight excluding hydrogens is 538 g/mol. The molecule has 0 aliphatic carbocycles. The Morgan fingerprint density at radius 2 is 1.61 bits per heavy atom. The van der Waals surface area contributed by atoms with Crippen molar-refractivity contribution in [3.63, 3.8) is 0 Å². The van der Waals surface area contributed by atoms with Crippen molar-refractivity contribution in [2.75, 3.05) is 50.8 Å². The lowest BCUT2D eigenvalue weighted by molar-refractivity contribution is -0.135. The first-order valence-corrected chi connectivity index (χ1v) is 14.9. The van der Waals surface area contributed by atoms with E-state index in [2.05, 4.69) is 11.8 Å². The molecule has 2 amide bonds. The molecule has 7 nitrogen and oxygen atoms in total. The molecule has 8 heteroatoms. The van der Waals surface area contributed by atoms with Crippen LogP contribution >= 0.6 is 11.6 Å². The molecular formula is C33H36ClN3O4. The first kappa shape index (κ1) is 27.5. The molecule has 0 radical (unpaired) electrons. The van der Waals surface area contributed by atoms with Gasteiger partial charge >= 0.3 is 0 Å². The van der Waals surface area contributed by atoms with Crippen molar-refractivity contribution in [3.05, 3.63) is 87.4 Å². The molecule has 2 atom stereocenters. The molecule has 3 aliphatic rings. The highest BCUT2D eigenvalue weighted by Crippen LogP contribution is 2.49. The molecule has 0 saturated carbocycles. The Morgan fingerprint density at radius 1 is 0.902 bits per heavy atom. The third kappa shape index (κ3) is 4.90. The Bertz CT molecular complexity index is 1480. The van der Waals surface area contributed by atoms with Gasteiger partial charge in [0.05, 0.1) is 25.2 Å². The average Bonchev–Trinajstić information content (AvgIpc) is 2.99. The van der Waals surface area contributed by atoms with Gasteiger partial charge in [-0.15, -0.1) is 0 Å². The topological polar surface area (TPSA) is 62.3 Å². The Morgan fingerprint density at radius 3 is 2.34 bits per heavy atom. The van der Waals surface area contributed by atoms with E-state index in [1.54, 1.807) is 0 Å². The number of anilines is 1. The van der Waals surface area contributed by atoms with Crippen LogP contribution < -0.4 is 14.4 Å². The number of piperazine rings is 1. The van der Waals surface area contributed by atoms with E-state index >= 15 is 0 Å². The third-order valence-corrected chi connectivity index (χ3v) is 8.79. The fraction of sp³-hybridized carbons (Fsp3) is 0.394. The van der Waals surface area contributed by atoms with Crippen LogP contribution in [0.5, 0.6) is 11.5 Å². The molecule has 6 rings (SSSR count). The summed E-state index contributed by atoms with van der Waals surface area (Å²) in [5, 5.41) is 0.711. The van der Waals surface area contributed by atoms with Crippen molar-refractivity contribution in [1.29, 1.82) is 0 Å². The van der Waals surface area contributed by atoms with E-state index in [1.807, 2.05) is 78.2 Å². The summed E-state index contributed by atoms with van der Waals surface area (Å²) >= 11 is 6.30. The number of carbonyl (C=O) groups excluding carboxylic acids is 2. The van der Waals surface area contributed by atoms with Crippen LogP contribution in [0, 0.1) is 6.92 Å². The summed E-state index contributed by atoms with van der Waals surface area (Å²) in [5.74, 6) is 0.891. The lowest BCUT2D eigenvalue weighted by Crippen LogP contribution is -2.54. The molecule has 41 heavy (non-hydrogen) atoms. The quantitative estimate of drug-likeness (QED) is 0.382. The van der Waals surface area contributed by atoms with Gasteiger partial charge < -0.3 is 24.2 Å². The summed E-state index contributed by atoms with van der Waals surface area (Å²) in [7, 11) is 0. The van der Waals surface area contributed by atoms with E-state index < -0.39 is 12.0 Å². The van der Waals surface area contributed by atoms with Gasteiger partial charge in [-0.2, -0.15) is 0 Å². The average molecular weight is 574 g/mol. The molecule has 0 aromatic heterocycles. The predicted octanol–water partition coefficient (Wildman–Crippen LogP) is 5.63. The second-order valence-electron chi connectivity index (χ2n) is 10.9. The molecule has 1 saturated heterocycles. The third-order valence-electron chi connectivity index (χ3n) is 8.55. The van der Waals surface area contributed by atoms with E-state index in [0.717, 1.165) is 35.5 Å². The first-order chi connectivity index (χ1) is 19.9. The van der Waals surface area contributed by atoms with E-state index in [9.17, 15) is 9.59 Å². The van der Waals surface area contributed by atoms with Crippen LogP contribution in [0.1, 0.15) is 58.4 Å². The number of benzene rings is 3. The molecule has 3 heterocycles. The fourth-order valence-electron chi connectivity index (χ4n) is 6.62. The fourth-order valence-corrected chi connectivity index (χ4v) is 6.79. The zero-order chi connectivity index (χ0) is 28.7. The Kier molecular flexibility index (Phi) is 7.56. The minimum absolute atomic E-state index is 0.0200. The van der Waals surface area contributed by atoms with Crippen molar-refractivity contribution >= 4 is 29.1 Å². The van der Waals surface area contributed by atoms with Crippen LogP contribution in [0.3, 0.4) is 0 Å². The smallest absolute Gasteiger partial charge is 0.254 e. The van der Waals surface area contributed by atoms with Crippen LogP contribution in [0.25, 0.3) is 0 Å². The highest BCUT2D eigenvalue weighted by Gasteiger charge is 2.48. The van der Waals surface area contributed by atoms with Gasteiger partial charge in [0.25, 0.3) is 5.91 Å². The molecule has 3 aromatic rings. The van der Waals surface area contributed by atoms with Gasteiger partial charge in [0, 0.05) is 49.0 Å². The lowest BCUT2D eigenvalue weighted by Gasteiger charge is -2.47. The van der Waals surface area contributed by atoms with Crippen molar-refractivity contribution in [2.45, 2.75) is 39.2 Å². The summed E-state index contributed by atoms with van der Waals surface area (Å²) in [6, 6.07) is 17.2. The highest BCUT2D eigenvalue weighted by atomic mass is 35.5. The van der Waals surface area contributed by atoms with Crippen molar-refractivity contribution < 1.29 is 19.1 Å². The largest absolute Gasteiger partial charge is 0.490 e. The maximum atomic E-state index is 14.5. The number of rotatable bonds is 6. The van der Waals surface area contributed by atoms with Gasteiger partial charge in [-0.1, -0.05) is 35.9 Å². The molecule has 0 unspecified atom stereocenters. The van der Waals surface area contributed by atoms with Gasteiger partial charge in [0.2, 0.25) is 5.91 Å². The van der Waals surface area contributed by atoms with Crippen LogP contribution in [0.2, 0.25) is 5.02 Å². The van der Waals surface area contributed by atoms with Gasteiger partial charge in [-0.25, -0.2) is 0 Å². The summed E-state index contributed by atoms with van der Waals surface area (Å²) in [6.45, 7) is 10.2. The molecule has 0 spiro atoms. The minimum atomic E-state index is -0.505. The van der Waals surface area contributed by atoms with Gasteiger partial charge in [-0.3, -0.25) is 9.59 Å². The predicted molar refractivity (Wildman–Crippen MR) is 160 cm³/mol. The Balaban J connectivity index is 1.36. The van der Waals surface area contributed by atoms with Crippen LogP contribution in [0.4, 0.5) is 5.69 Å². The van der Waals surface area contributed by atoms with Gasteiger partial charge in [0.15, 0.2) is 11.5 Å². The Labute approximate surface area is 246 Å². The zero-order valence-electron chi connectivity index (χ0n) is 23.9. The first-order valence-electron chi connectivity index (χ1n) is 14.5. The van der Waals surface area contributed by atoms with E-state index in [0.29, 0.717) is 61.4 Å². The standard InChI is InChI=1S/C33H36ClN3O4/c1-4-40-28-18-22-12-13-37-31(26(22)20-29(28)41-5-2)30(24-8-6-7-9-25(24)32(37)38)33(39)36-16-14-35(15-17-36)27-19-23(34)11-10-21(27)3/h6-11,18-20,30-31H,4-5,12-17H2,1-3H3/t30-,31+/m1/s1. The number of carbonyl (C=O) groups is 2. The second-order valence-corrected chi connectivity index (χ2v) is 11.3. The van der Waals surface area contributed by atoms with Crippen LogP contribution in [-0.4, -0.2) is 67.6 Å². The summed E-state index contributed by atoms with van der Waals surface area (Å²) < 4.78 is 11.9. The van der Waals surface area contributed by atoms with Crippen molar-refractivity contribution in [1.82, 2.24) is 9.80 Å². The lowest BCUT2D eigenvalue weighted by atomic mass is 9.75. The summed E-state index contributed by atoms with van der Waals surface area (Å²) in [6.07, 6.45) is 0.699. The molecule has 1 fully saturated rings. The summed E-state index contributed by atoms with van der Waals surface area (Å²) in [5.41, 5.74) is 5.77. The highest BCUT2D eigenvalue weighted by molar-refractivity contribution is 6.30. The van der Waals surface area contributed by atoms with E-state index in [1.165, 1.54) is 5.56 Å². The second kappa shape index (κ2) is 11.3. The summed E-state index contributed by atoms with van der Waals surface area (Å²) in [4.78, 5) is 34.5. The van der Waals surface area contributed by atoms with Crippen molar-refractivity contribution in [3.8, 4) is 11.5 Å². The van der Waals surface area contributed by atoms with Gasteiger partial charge in [0.1, 0.15) is 0 Å². The van der Waals surface area contributed by atoms with E-state index in [-0.39, 0.29) is 11.8 Å². The van der Waals surface area contributed by atoms with Crippen molar-refractivity contribution in [2.24, 2.45) is 0 Å². The molecule has 3 aliphatic heterocycles. The number of ether oxygens (including phenoxy) is 2. The molecule has 0 bridgehead atoms. The maximum Gasteiger partial charge on any atom is 0.254 e. The number of hydrogen-bond acceptors (Lipinski definition) is 5. The molecule has 214 valence electrons. The number of fused-ring (bicyclic) bond motifs is 4. The Hall–Kier alpha value is -3.71. The van der Waals surface area contributed by atoms with Crippen LogP contribution in [0.15, 0.2) is 54.6 Å².